The standard InChI is InChI=1S/C11H18F3N5O/c1-2-7(3-4-20)6-16-9-5-8(11(12,13)14)17-10(18-9)19-15/h5,7,20H,2-4,6,15H2,1H3,(H2,16,17,18,19). The summed E-state index contributed by atoms with van der Waals surface area (Å²) in [7, 11) is 0. The summed E-state index contributed by atoms with van der Waals surface area (Å²) >= 11 is 0. The first-order valence-electron chi connectivity index (χ1n) is 6.18. The lowest BCUT2D eigenvalue weighted by Crippen LogP contribution is -2.19. The van der Waals surface area contributed by atoms with Gasteiger partial charge in [-0.05, 0) is 12.3 Å². The summed E-state index contributed by atoms with van der Waals surface area (Å²) in [6, 6.07) is 0.826. The highest BCUT2D eigenvalue weighted by Crippen LogP contribution is 2.29. The maximum Gasteiger partial charge on any atom is 0.433 e. The highest BCUT2D eigenvalue weighted by Gasteiger charge is 2.33. The molecule has 6 nitrogen and oxygen atoms in total. The monoisotopic (exact) mass is 293 g/mol. The Morgan fingerprint density at radius 2 is 2.10 bits per heavy atom. The molecule has 0 saturated heterocycles. The molecule has 9 heteroatoms. The lowest BCUT2D eigenvalue weighted by Gasteiger charge is -2.16. The summed E-state index contributed by atoms with van der Waals surface area (Å²) in [5.74, 6) is 4.94. The van der Waals surface area contributed by atoms with Crippen LogP contribution in [0.1, 0.15) is 25.5 Å². The Bertz CT molecular complexity index is 427. The van der Waals surface area contributed by atoms with Gasteiger partial charge in [-0.25, -0.2) is 10.8 Å². The molecule has 0 aromatic carbocycles. The van der Waals surface area contributed by atoms with Crippen molar-refractivity contribution in [1.82, 2.24) is 9.97 Å². The summed E-state index contributed by atoms with van der Waals surface area (Å²) < 4.78 is 38.0. The highest BCUT2D eigenvalue weighted by atomic mass is 19.4. The molecule has 1 unspecified atom stereocenters. The summed E-state index contributed by atoms with van der Waals surface area (Å²) in [6.07, 6.45) is -3.20. The van der Waals surface area contributed by atoms with Gasteiger partial charge in [0.05, 0.1) is 0 Å². The average Bonchev–Trinajstić information content (AvgIpc) is 2.42. The van der Waals surface area contributed by atoms with Gasteiger partial charge in [0.25, 0.3) is 0 Å². The van der Waals surface area contributed by atoms with Crippen LogP contribution in [0.2, 0.25) is 0 Å². The number of hydrogen-bond acceptors (Lipinski definition) is 6. The van der Waals surface area contributed by atoms with Gasteiger partial charge in [0, 0.05) is 19.2 Å². The molecular weight excluding hydrogens is 275 g/mol. The molecule has 1 aromatic heterocycles. The summed E-state index contributed by atoms with van der Waals surface area (Å²) in [4.78, 5) is 7.07. The van der Waals surface area contributed by atoms with E-state index in [1.807, 2.05) is 12.3 Å². The number of aromatic nitrogens is 2. The van der Waals surface area contributed by atoms with Gasteiger partial charge in [0.1, 0.15) is 5.82 Å². The van der Waals surface area contributed by atoms with Crippen molar-refractivity contribution in [3.8, 4) is 0 Å². The van der Waals surface area contributed by atoms with E-state index >= 15 is 0 Å². The molecular formula is C11H18F3N5O. The molecule has 0 saturated carbocycles. The number of aliphatic hydroxyl groups is 1. The van der Waals surface area contributed by atoms with Crippen LogP contribution in [0.15, 0.2) is 6.07 Å². The number of nitrogens with zero attached hydrogens (tertiary/aromatic N) is 2. The smallest absolute Gasteiger partial charge is 0.396 e. The number of nitrogen functional groups attached to an aromatic ring is 1. The maximum atomic E-state index is 12.7. The molecule has 1 atom stereocenters. The average molecular weight is 293 g/mol. The predicted octanol–water partition coefficient (Wildman–Crippen LogP) is 1.60. The van der Waals surface area contributed by atoms with E-state index in [0.29, 0.717) is 13.0 Å². The van der Waals surface area contributed by atoms with E-state index in [-0.39, 0.29) is 24.3 Å². The van der Waals surface area contributed by atoms with E-state index in [0.717, 1.165) is 12.5 Å². The number of halogens is 3. The van der Waals surface area contributed by atoms with Crippen molar-refractivity contribution >= 4 is 11.8 Å². The summed E-state index contributed by atoms with van der Waals surface area (Å²) in [5.41, 5.74) is 0.933. The van der Waals surface area contributed by atoms with E-state index in [1.54, 1.807) is 0 Å². The van der Waals surface area contributed by atoms with Crippen molar-refractivity contribution in [1.29, 1.82) is 0 Å². The molecule has 1 heterocycles. The number of nitrogens with two attached hydrogens (primary N) is 1. The minimum atomic E-state index is -4.57. The Morgan fingerprint density at radius 3 is 2.60 bits per heavy atom. The summed E-state index contributed by atoms with van der Waals surface area (Å²) in [5, 5.41) is 11.7. The topological polar surface area (TPSA) is 96.1 Å². The lowest BCUT2D eigenvalue weighted by molar-refractivity contribution is -0.141. The van der Waals surface area contributed by atoms with E-state index in [2.05, 4.69) is 15.3 Å². The van der Waals surface area contributed by atoms with Crippen molar-refractivity contribution in [3.05, 3.63) is 11.8 Å². The van der Waals surface area contributed by atoms with E-state index in [4.69, 9.17) is 10.9 Å². The Kier molecular flexibility index (Phi) is 5.96. The summed E-state index contributed by atoms with van der Waals surface area (Å²) in [6.45, 7) is 2.39. The third-order valence-electron chi connectivity index (χ3n) is 2.83. The number of hydrogen-bond donors (Lipinski definition) is 4. The Balaban J connectivity index is 2.84. The van der Waals surface area contributed by atoms with Gasteiger partial charge in [-0.3, -0.25) is 5.43 Å². The van der Waals surface area contributed by atoms with E-state index < -0.39 is 11.9 Å². The zero-order valence-electron chi connectivity index (χ0n) is 11.0. The van der Waals surface area contributed by atoms with Crippen LogP contribution >= 0.6 is 0 Å². The molecule has 0 aliphatic rings. The fourth-order valence-electron chi connectivity index (χ4n) is 1.63. The van der Waals surface area contributed by atoms with Gasteiger partial charge < -0.3 is 10.4 Å². The molecule has 0 aliphatic carbocycles. The number of anilines is 2. The van der Waals surface area contributed by atoms with Crippen LogP contribution in [0.3, 0.4) is 0 Å². The number of rotatable bonds is 7. The van der Waals surface area contributed by atoms with Crippen LogP contribution in [-0.2, 0) is 6.18 Å². The molecule has 0 radical (unpaired) electrons. The van der Waals surface area contributed by atoms with Crippen LogP contribution in [0.25, 0.3) is 0 Å². The predicted molar refractivity (Wildman–Crippen MR) is 68.8 cm³/mol. The minimum Gasteiger partial charge on any atom is -0.396 e. The van der Waals surface area contributed by atoms with Gasteiger partial charge in [-0.1, -0.05) is 13.3 Å². The fraction of sp³-hybridized carbons (Fsp3) is 0.636. The third kappa shape index (κ3) is 4.82. The normalized spacial score (nSPS) is 13.1. The second-order valence-corrected chi connectivity index (χ2v) is 4.27. The zero-order valence-corrected chi connectivity index (χ0v) is 11.0. The molecule has 0 amide bonds. The van der Waals surface area contributed by atoms with Crippen LogP contribution in [0.5, 0.6) is 0 Å². The Morgan fingerprint density at radius 1 is 1.40 bits per heavy atom. The van der Waals surface area contributed by atoms with Gasteiger partial charge in [-0.15, -0.1) is 0 Å². The number of hydrazine groups is 1. The molecule has 114 valence electrons. The van der Waals surface area contributed by atoms with Gasteiger partial charge in [-0.2, -0.15) is 18.2 Å². The van der Waals surface area contributed by atoms with Crippen molar-refractivity contribution in [2.75, 3.05) is 23.9 Å². The minimum absolute atomic E-state index is 0.0351. The fourth-order valence-corrected chi connectivity index (χ4v) is 1.63. The van der Waals surface area contributed by atoms with Crippen LogP contribution in [0.4, 0.5) is 24.9 Å². The number of nitrogens with one attached hydrogen (secondary N) is 2. The van der Waals surface area contributed by atoms with Crippen molar-refractivity contribution in [2.45, 2.75) is 25.9 Å². The second kappa shape index (κ2) is 7.25. The van der Waals surface area contributed by atoms with E-state index in [1.165, 1.54) is 0 Å². The van der Waals surface area contributed by atoms with Crippen LogP contribution < -0.4 is 16.6 Å². The zero-order chi connectivity index (χ0) is 15.2. The SMILES string of the molecule is CCC(CCO)CNc1cc(C(F)(F)F)nc(NN)n1. The van der Waals surface area contributed by atoms with Crippen LogP contribution in [-0.4, -0.2) is 28.2 Å². The first-order chi connectivity index (χ1) is 9.40. The van der Waals surface area contributed by atoms with Crippen molar-refractivity contribution in [2.24, 2.45) is 11.8 Å². The lowest BCUT2D eigenvalue weighted by atomic mass is 10.0. The molecule has 0 bridgehead atoms. The van der Waals surface area contributed by atoms with Crippen LogP contribution in [0, 0.1) is 5.92 Å². The molecule has 1 rings (SSSR count). The van der Waals surface area contributed by atoms with Crippen molar-refractivity contribution in [3.63, 3.8) is 0 Å². The van der Waals surface area contributed by atoms with Gasteiger partial charge in [0.2, 0.25) is 5.95 Å². The van der Waals surface area contributed by atoms with Gasteiger partial charge >= 0.3 is 6.18 Å². The first kappa shape index (κ1) is 16.4. The largest absolute Gasteiger partial charge is 0.433 e. The maximum absolute atomic E-state index is 12.7. The molecule has 1 aromatic rings. The Labute approximate surface area is 114 Å². The molecule has 0 spiro atoms. The van der Waals surface area contributed by atoms with Crippen molar-refractivity contribution < 1.29 is 18.3 Å². The molecule has 20 heavy (non-hydrogen) atoms. The molecule has 0 fully saturated rings. The number of aliphatic hydroxyl groups excluding tert-OH is 1. The Hall–Kier alpha value is -1.61. The quantitative estimate of drug-likeness (QED) is 0.450. The molecule has 5 N–H and O–H groups in total. The first-order valence-corrected chi connectivity index (χ1v) is 6.18. The highest BCUT2D eigenvalue weighted by molar-refractivity contribution is 5.42. The van der Waals surface area contributed by atoms with Gasteiger partial charge in [0.15, 0.2) is 5.69 Å². The number of alkyl halides is 3. The third-order valence-corrected chi connectivity index (χ3v) is 2.83. The second-order valence-electron chi connectivity index (χ2n) is 4.27. The molecule has 0 aliphatic heterocycles. The van der Waals surface area contributed by atoms with E-state index in [9.17, 15) is 13.2 Å².